The summed E-state index contributed by atoms with van der Waals surface area (Å²) in [5.74, 6) is 2.75. The molecule has 6 nitrogen and oxygen atoms in total. The molecule has 3 rings (SSSR count). The fourth-order valence-electron chi connectivity index (χ4n) is 3.02. The maximum Gasteiger partial charge on any atom is 0.228 e. The molecule has 2 heterocycles. The van der Waals surface area contributed by atoms with E-state index in [4.69, 9.17) is 4.74 Å². The van der Waals surface area contributed by atoms with Crippen LogP contribution in [0.4, 0.5) is 5.95 Å². The van der Waals surface area contributed by atoms with Gasteiger partial charge in [-0.2, -0.15) is 11.8 Å². The van der Waals surface area contributed by atoms with Crippen molar-refractivity contribution >= 4 is 34.7 Å². The van der Waals surface area contributed by atoms with Gasteiger partial charge in [-0.05, 0) is 25.5 Å². The van der Waals surface area contributed by atoms with Crippen LogP contribution < -0.4 is 10.6 Å². The van der Waals surface area contributed by atoms with Crippen molar-refractivity contribution in [2.45, 2.75) is 32.4 Å². The molecule has 1 fully saturated rings. The Labute approximate surface area is 152 Å². The standard InChI is InChI=1S/C18H26N4O2S/c1-2-24-10-5-9-22-16-7-4-3-6-15(16)20-18(22)21-17(23)12-14-13-25-11-8-19-14/h3-4,6-7,14,19H,2,5,8-13H2,1H3,(H,20,21,23). The number of aromatic nitrogens is 2. The number of imidazole rings is 1. The summed E-state index contributed by atoms with van der Waals surface area (Å²) in [5.41, 5.74) is 1.95. The van der Waals surface area contributed by atoms with Gasteiger partial charge in [0.25, 0.3) is 0 Å². The van der Waals surface area contributed by atoms with Gasteiger partial charge in [0.1, 0.15) is 0 Å². The molecule has 1 aliphatic rings. The first-order chi connectivity index (χ1) is 12.3. The summed E-state index contributed by atoms with van der Waals surface area (Å²) in [4.78, 5) is 17.1. The van der Waals surface area contributed by atoms with Crippen molar-refractivity contribution in [3.8, 4) is 0 Å². The lowest BCUT2D eigenvalue weighted by molar-refractivity contribution is -0.116. The Bertz CT molecular complexity index is 697. The van der Waals surface area contributed by atoms with E-state index in [1.54, 1.807) is 0 Å². The molecule has 0 aliphatic carbocycles. The first-order valence-corrected chi connectivity index (χ1v) is 10.1. The van der Waals surface area contributed by atoms with Crippen LogP contribution in [0.3, 0.4) is 0 Å². The summed E-state index contributed by atoms with van der Waals surface area (Å²) in [6, 6.07) is 8.22. The molecule has 0 spiro atoms. The van der Waals surface area contributed by atoms with E-state index in [0.29, 0.717) is 19.0 Å². The largest absolute Gasteiger partial charge is 0.382 e. The van der Waals surface area contributed by atoms with Crippen LogP contribution in [0.1, 0.15) is 19.8 Å². The second-order valence-electron chi connectivity index (χ2n) is 6.10. The number of hydrogen-bond acceptors (Lipinski definition) is 5. The van der Waals surface area contributed by atoms with Gasteiger partial charge >= 0.3 is 0 Å². The highest BCUT2D eigenvalue weighted by molar-refractivity contribution is 7.99. The maximum atomic E-state index is 12.4. The number of fused-ring (bicyclic) bond motifs is 1. The predicted molar refractivity (Wildman–Crippen MR) is 103 cm³/mol. The van der Waals surface area contributed by atoms with Gasteiger partial charge in [-0.15, -0.1) is 0 Å². The molecule has 0 bridgehead atoms. The van der Waals surface area contributed by atoms with Gasteiger partial charge in [-0.3, -0.25) is 10.1 Å². The van der Waals surface area contributed by atoms with Crippen LogP contribution in [0, 0.1) is 0 Å². The number of aryl methyl sites for hydroxylation is 1. The number of para-hydroxylation sites is 2. The molecule has 136 valence electrons. The molecular weight excluding hydrogens is 336 g/mol. The second kappa shape index (κ2) is 9.22. The van der Waals surface area contributed by atoms with Crippen LogP contribution in [-0.4, -0.2) is 52.8 Å². The SMILES string of the molecule is CCOCCCn1c(NC(=O)CC2CSCCN2)nc2ccccc21. The van der Waals surface area contributed by atoms with Crippen LogP contribution in [0.2, 0.25) is 0 Å². The molecule has 0 radical (unpaired) electrons. The Morgan fingerprint density at radius 3 is 3.16 bits per heavy atom. The van der Waals surface area contributed by atoms with Crippen molar-refractivity contribution < 1.29 is 9.53 Å². The topological polar surface area (TPSA) is 68.2 Å². The third-order valence-corrected chi connectivity index (χ3v) is 5.34. The highest BCUT2D eigenvalue weighted by Gasteiger charge is 2.19. The first-order valence-electron chi connectivity index (χ1n) is 8.92. The van der Waals surface area contributed by atoms with Crippen molar-refractivity contribution in [1.82, 2.24) is 14.9 Å². The number of amides is 1. The van der Waals surface area contributed by atoms with Gasteiger partial charge in [0.15, 0.2) is 0 Å². The molecule has 2 aromatic rings. The smallest absolute Gasteiger partial charge is 0.228 e. The second-order valence-corrected chi connectivity index (χ2v) is 7.25. The predicted octanol–water partition coefficient (Wildman–Crippen LogP) is 2.50. The first kappa shape index (κ1) is 18.2. The molecule has 25 heavy (non-hydrogen) atoms. The average Bonchev–Trinajstić information content (AvgIpc) is 2.96. The van der Waals surface area contributed by atoms with Crippen molar-refractivity contribution in [3.05, 3.63) is 24.3 Å². The number of nitrogens with zero attached hydrogens (tertiary/aromatic N) is 2. The molecule has 0 saturated carbocycles. The average molecular weight is 362 g/mol. The normalized spacial score (nSPS) is 17.7. The van der Waals surface area contributed by atoms with E-state index in [-0.39, 0.29) is 11.9 Å². The molecule has 1 aromatic carbocycles. The minimum atomic E-state index is 0.0152. The van der Waals surface area contributed by atoms with Crippen LogP contribution in [0.15, 0.2) is 24.3 Å². The monoisotopic (exact) mass is 362 g/mol. The number of benzene rings is 1. The molecular formula is C18H26N4O2S. The number of ether oxygens (including phenoxy) is 1. The van der Waals surface area contributed by atoms with Crippen LogP contribution in [-0.2, 0) is 16.1 Å². The lowest BCUT2D eigenvalue weighted by atomic mass is 10.2. The van der Waals surface area contributed by atoms with Crippen LogP contribution in [0.5, 0.6) is 0 Å². The number of rotatable bonds is 8. The van der Waals surface area contributed by atoms with Gasteiger partial charge in [0.05, 0.1) is 11.0 Å². The van der Waals surface area contributed by atoms with Gasteiger partial charge in [-0.25, -0.2) is 4.98 Å². The molecule has 1 aromatic heterocycles. The van der Waals surface area contributed by atoms with Crippen molar-refractivity contribution in [2.24, 2.45) is 0 Å². The quantitative estimate of drug-likeness (QED) is 0.706. The summed E-state index contributed by atoms with van der Waals surface area (Å²) in [7, 11) is 0. The molecule has 1 amide bonds. The zero-order valence-electron chi connectivity index (χ0n) is 14.7. The molecule has 7 heteroatoms. The molecule has 1 saturated heterocycles. The third-order valence-electron chi connectivity index (χ3n) is 4.21. The van der Waals surface area contributed by atoms with Gasteiger partial charge in [0.2, 0.25) is 11.9 Å². The third kappa shape index (κ3) is 4.96. The Kier molecular flexibility index (Phi) is 6.72. The van der Waals surface area contributed by atoms with Gasteiger partial charge in [0, 0.05) is 50.3 Å². The maximum absolute atomic E-state index is 12.4. The number of hydrogen-bond donors (Lipinski definition) is 2. The minimum Gasteiger partial charge on any atom is -0.382 e. The van der Waals surface area contributed by atoms with Crippen molar-refractivity contribution in [3.63, 3.8) is 0 Å². The van der Waals surface area contributed by atoms with E-state index >= 15 is 0 Å². The summed E-state index contributed by atoms with van der Waals surface area (Å²) in [6.07, 6.45) is 1.37. The number of nitrogens with one attached hydrogen (secondary N) is 2. The molecule has 1 atom stereocenters. The lowest BCUT2D eigenvalue weighted by Crippen LogP contribution is -2.40. The van der Waals surface area contributed by atoms with Crippen molar-refractivity contribution in [2.75, 3.05) is 36.6 Å². The number of carbonyl (C=O) groups excluding carboxylic acids is 1. The lowest BCUT2D eigenvalue weighted by Gasteiger charge is -2.22. The Balaban J connectivity index is 1.69. The zero-order valence-corrected chi connectivity index (χ0v) is 15.5. The summed E-state index contributed by atoms with van der Waals surface area (Å²) < 4.78 is 7.51. The van der Waals surface area contributed by atoms with E-state index in [0.717, 1.165) is 48.7 Å². The minimum absolute atomic E-state index is 0.0152. The fourth-order valence-corrected chi connectivity index (χ4v) is 3.97. The number of thioether (sulfide) groups is 1. The van der Waals surface area contributed by atoms with E-state index in [1.165, 1.54) is 0 Å². The zero-order chi connectivity index (χ0) is 17.5. The molecule has 1 aliphatic heterocycles. The number of carbonyl (C=O) groups is 1. The Morgan fingerprint density at radius 1 is 1.48 bits per heavy atom. The van der Waals surface area contributed by atoms with Gasteiger partial charge < -0.3 is 14.6 Å². The number of anilines is 1. The van der Waals surface area contributed by atoms with E-state index in [1.807, 2.05) is 43.0 Å². The van der Waals surface area contributed by atoms with Crippen LogP contribution in [0.25, 0.3) is 11.0 Å². The summed E-state index contributed by atoms with van der Waals surface area (Å²) in [6.45, 7) is 5.17. The Hall–Kier alpha value is -1.57. The van der Waals surface area contributed by atoms with E-state index < -0.39 is 0 Å². The highest BCUT2D eigenvalue weighted by atomic mass is 32.2. The van der Waals surface area contributed by atoms with Crippen molar-refractivity contribution in [1.29, 1.82) is 0 Å². The van der Waals surface area contributed by atoms with E-state index in [9.17, 15) is 4.79 Å². The fraction of sp³-hybridized carbons (Fsp3) is 0.556. The summed E-state index contributed by atoms with van der Waals surface area (Å²) in [5, 5.41) is 6.41. The van der Waals surface area contributed by atoms with Gasteiger partial charge in [-0.1, -0.05) is 12.1 Å². The van der Waals surface area contributed by atoms with E-state index in [2.05, 4.69) is 20.2 Å². The Morgan fingerprint density at radius 2 is 2.36 bits per heavy atom. The molecule has 2 N–H and O–H groups in total. The van der Waals surface area contributed by atoms with Crippen LogP contribution >= 0.6 is 11.8 Å². The molecule has 1 unspecified atom stereocenters. The highest BCUT2D eigenvalue weighted by Crippen LogP contribution is 2.20. The summed E-state index contributed by atoms with van der Waals surface area (Å²) >= 11 is 1.90.